The van der Waals surface area contributed by atoms with Gasteiger partial charge in [-0.15, -0.1) is 0 Å². The molecule has 1 aromatic carbocycles. The molecule has 4 rings (SSSR count). The summed E-state index contributed by atoms with van der Waals surface area (Å²) in [5, 5.41) is 4.44. The van der Waals surface area contributed by atoms with Crippen LogP contribution in [-0.4, -0.2) is 40.5 Å². The molecule has 0 spiro atoms. The van der Waals surface area contributed by atoms with Gasteiger partial charge in [-0.25, -0.2) is 9.97 Å². The van der Waals surface area contributed by atoms with Crippen LogP contribution in [0.25, 0.3) is 10.9 Å². The van der Waals surface area contributed by atoms with Gasteiger partial charge in [0.2, 0.25) is 0 Å². The minimum Gasteiger partial charge on any atom is -0.361 e. The smallest absolute Gasteiger partial charge is 0.261 e. The van der Waals surface area contributed by atoms with E-state index in [1.54, 1.807) is 17.3 Å². The summed E-state index contributed by atoms with van der Waals surface area (Å²) in [7, 11) is 0. The maximum Gasteiger partial charge on any atom is 0.261 e. The average Bonchev–Trinajstić information content (AvgIpc) is 3.17. The second-order valence-electron chi connectivity index (χ2n) is 6.65. The van der Waals surface area contributed by atoms with E-state index in [9.17, 15) is 4.79 Å². The lowest BCUT2D eigenvalue weighted by atomic mass is 9.97. The number of benzene rings is 1. The van der Waals surface area contributed by atoms with Crippen molar-refractivity contribution < 1.29 is 4.79 Å². The molecule has 6 nitrogen and oxygen atoms in total. The number of amides is 1. The molecule has 0 bridgehead atoms. The van der Waals surface area contributed by atoms with Crippen LogP contribution in [0.5, 0.6) is 0 Å². The van der Waals surface area contributed by atoms with Crippen LogP contribution in [-0.2, 0) is 0 Å². The van der Waals surface area contributed by atoms with E-state index >= 15 is 0 Å². The zero-order chi connectivity index (χ0) is 17.9. The Morgan fingerprint density at radius 2 is 1.96 bits per heavy atom. The number of nitrogens with zero attached hydrogens (tertiary/aromatic N) is 3. The first-order valence-electron chi connectivity index (χ1n) is 9.18. The Kier molecular flexibility index (Phi) is 4.67. The molecule has 1 aliphatic rings. The summed E-state index contributed by atoms with van der Waals surface area (Å²) in [4.78, 5) is 26.9. The highest BCUT2D eigenvalue weighted by Gasteiger charge is 2.20. The summed E-state index contributed by atoms with van der Waals surface area (Å²) in [5.41, 5.74) is 2.47. The van der Waals surface area contributed by atoms with E-state index in [-0.39, 0.29) is 5.91 Å². The van der Waals surface area contributed by atoms with Gasteiger partial charge in [0, 0.05) is 47.6 Å². The van der Waals surface area contributed by atoms with Crippen LogP contribution in [0.2, 0.25) is 0 Å². The highest BCUT2D eigenvalue weighted by atomic mass is 16.2. The van der Waals surface area contributed by atoms with Gasteiger partial charge >= 0.3 is 0 Å². The summed E-state index contributed by atoms with van der Waals surface area (Å²) in [6, 6.07) is 7.99. The number of aromatic amines is 1. The van der Waals surface area contributed by atoms with Crippen molar-refractivity contribution in [2.24, 2.45) is 0 Å². The molecule has 0 radical (unpaired) electrons. The molecular formula is C20H23N5O. The molecule has 26 heavy (non-hydrogen) atoms. The molecule has 1 saturated heterocycles. The van der Waals surface area contributed by atoms with Gasteiger partial charge in [-0.3, -0.25) is 4.79 Å². The van der Waals surface area contributed by atoms with E-state index in [0.29, 0.717) is 18.0 Å². The van der Waals surface area contributed by atoms with Crippen LogP contribution in [0.4, 0.5) is 5.69 Å². The summed E-state index contributed by atoms with van der Waals surface area (Å²) >= 11 is 0. The standard InChI is InChI=1S/C20H23N5O/c1-2-25(17-3-4-18-15(11-17)7-10-22-18)20(26)16-12-23-19(24-13-16)14-5-8-21-9-6-14/h3-4,7,10-14,21-22H,2,5-6,8-9H2,1H3. The van der Waals surface area contributed by atoms with Crippen molar-refractivity contribution in [1.82, 2.24) is 20.3 Å². The van der Waals surface area contributed by atoms with Crippen molar-refractivity contribution in [1.29, 1.82) is 0 Å². The van der Waals surface area contributed by atoms with Crippen molar-refractivity contribution >= 4 is 22.5 Å². The Labute approximate surface area is 152 Å². The minimum absolute atomic E-state index is 0.0701. The molecular weight excluding hydrogens is 326 g/mol. The highest BCUT2D eigenvalue weighted by Crippen LogP contribution is 2.24. The van der Waals surface area contributed by atoms with Gasteiger partial charge in [0.15, 0.2) is 0 Å². The SMILES string of the molecule is CCN(C(=O)c1cnc(C2CCNCC2)nc1)c1ccc2[nH]ccc2c1. The topological polar surface area (TPSA) is 73.9 Å². The van der Waals surface area contributed by atoms with E-state index in [1.165, 1.54) is 0 Å². The number of carbonyl (C=O) groups excluding carboxylic acids is 1. The Balaban J connectivity index is 1.56. The molecule has 2 N–H and O–H groups in total. The average molecular weight is 349 g/mol. The first-order chi connectivity index (χ1) is 12.8. The van der Waals surface area contributed by atoms with E-state index in [0.717, 1.165) is 48.3 Å². The lowest BCUT2D eigenvalue weighted by Gasteiger charge is -2.22. The number of nitrogens with one attached hydrogen (secondary N) is 2. The maximum atomic E-state index is 13.0. The number of H-pyrrole nitrogens is 1. The Hall–Kier alpha value is -2.73. The van der Waals surface area contributed by atoms with E-state index < -0.39 is 0 Å². The lowest BCUT2D eigenvalue weighted by Crippen LogP contribution is -2.31. The molecule has 3 aromatic rings. The van der Waals surface area contributed by atoms with Crippen LogP contribution < -0.4 is 10.2 Å². The molecule has 0 unspecified atom stereocenters. The van der Waals surface area contributed by atoms with Gasteiger partial charge in [0.25, 0.3) is 5.91 Å². The molecule has 3 heterocycles. The lowest BCUT2D eigenvalue weighted by molar-refractivity contribution is 0.0987. The first-order valence-corrected chi connectivity index (χ1v) is 9.18. The van der Waals surface area contributed by atoms with Crippen molar-refractivity contribution in [2.75, 3.05) is 24.5 Å². The highest BCUT2D eigenvalue weighted by molar-refractivity contribution is 6.06. The van der Waals surface area contributed by atoms with E-state index in [4.69, 9.17) is 0 Å². The predicted molar refractivity (Wildman–Crippen MR) is 103 cm³/mol. The van der Waals surface area contributed by atoms with Crippen molar-refractivity contribution in [3.63, 3.8) is 0 Å². The number of aromatic nitrogens is 3. The maximum absolute atomic E-state index is 13.0. The fraction of sp³-hybridized carbons (Fsp3) is 0.350. The van der Waals surface area contributed by atoms with Crippen molar-refractivity contribution in [3.8, 4) is 0 Å². The third kappa shape index (κ3) is 3.20. The van der Waals surface area contributed by atoms with Crippen LogP contribution in [0.1, 0.15) is 41.9 Å². The number of hydrogen-bond acceptors (Lipinski definition) is 4. The molecule has 0 aliphatic carbocycles. The van der Waals surface area contributed by atoms with Crippen LogP contribution >= 0.6 is 0 Å². The molecule has 6 heteroatoms. The minimum atomic E-state index is -0.0701. The van der Waals surface area contributed by atoms with Gasteiger partial charge in [0.1, 0.15) is 5.82 Å². The summed E-state index contributed by atoms with van der Waals surface area (Å²) < 4.78 is 0. The second-order valence-corrected chi connectivity index (χ2v) is 6.65. The molecule has 2 aromatic heterocycles. The van der Waals surface area contributed by atoms with Crippen molar-refractivity contribution in [2.45, 2.75) is 25.7 Å². The van der Waals surface area contributed by atoms with Crippen LogP contribution in [0.15, 0.2) is 42.9 Å². The van der Waals surface area contributed by atoms with Crippen LogP contribution in [0, 0.1) is 0 Å². The number of anilines is 1. The van der Waals surface area contributed by atoms with E-state index in [2.05, 4.69) is 20.3 Å². The number of piperidine rings is 1. The monoisotopic (exact) mass is 349 g/mol. The molecule has 1 aliphatic heterocycles. The number of rotatable bonds is 4. The fourth-order valence-electron chi connectivity index (χ4n) is 3.55. The number of fused-ring (bicyclic) bond motifs is 1. The molecule has 134 valence electrons. The molecule has 0 saturated carbocycles. The third-order valence-electron chi connectivity index (χ3n) is 5.03. The normalized spacial score (nSPS) is 15.3. The predicted octanol–water partition coefficient (Wildman–Crippen LogP) is 3.09. The molecule has 1 amide bonds. The first kappa shape index (κ1) is 16.7. The van der Waals surface area contributed by atoms with Crippen molar-refractivity contribution in [3.05, 3.63) is 54.2 Å². The van der Waals surface area contributed by atoms with Gasteiger partial charge in [-0.1, -0.05) is 0 Å². The third-order valence-corrected chi connectivity index (χ3v) is 5.03. The summed E-state index contributed by atoms with van der Waals surface area (Å²) in [5.74, 6) is 1.16. The quantitative estimate of drug-likeness (QED) is 0.759. The van der Waals surface area contributed by atoms with Gasteiger partial charge < -0.3 is 15.2 Å². The van der Waals surface area contributed by atoms with Gasteiger partial charge in [-0.2, -0.15) is 0 Å². The Bertz CT molecular complexity index is 896. The number of carbonyl (C=O) groups is 1. The van der Waals surface area contributed by atoms with Crippen LogP contribution in [0.3, 0.4) is 0 Å². The van der Waals surface area contributed by atoms with E-state index in [1.807, 2.05) is 37.4 Å². The summed E-state index contributed by atoms with van der Waals surface area (Å²) in [6.45, 7) is 4.56. The molecule has 1 fully saturated rings. The number of hydrogen-bond donors (Lipinski definition) is 2. The van der Waals surface area contributed by atoms with Gasteiger partial charge in [0.05, 0.1) is 5.56 Å². The molecule has 0 atom stereocenters. The summed E-state index contributed by atoms with van der Waals surface area (Å²) in [6.07, 6.45) is 7.34. The Morgan fingerprint density at radius 1 is 1.19 bits per heavy atom. The zero-order valence-corrected chi connectivity index (χ0v) is 14.9. The Morgan fingerprint density at radius 3 is 2.69 bits per heavy atom. The van der Waals surface area contributed by atoms with Gasteiger partial charge in [-0.05, 0) is 57.1 Å². The largest absolute Gasteiger partial charge is 0.361 e. The zero-order valence-electron chi connectivity index (χ0n) is 14.9. The fourth-order valence-corrected chi connectivity index (χ4v) is 3.55. The second kappa shape index (κ2) is 7.25.